The minimum atomic E-state index is -0.169. The number of nitrogens with two attached hydrogens (primary N) is 1. The molecule has 1 aliphatic rings. The average molecular weight is 354 g/mol. The molecule has 0 atom stereocenters. The van der Waals surface area contributed by atoms with Crippen molar-refractivity contribution in [2.24, 2.45) is 0 Å². The zero-order valence-electron chi connectivity index (χ0n) is 14.9. The van der Waals surface area contributed by atoms with E-state index in [1.807, 2.05) is 6.07 Å². The molecule has 0 bridgehead atoms. The third-order valence-corrected chi connectivity index (χ3v) is 4.21. The van der Waals surface area contributed by atoms with Crippen LogP contribution < -0.4 is 10.5 Å². The molecule has 2 aromatic rings. The van der Waals surface area contributed by atoms with E-state index in [0.717, 1.165) is 18.5 Å². The third-order valence-electron chi connectivity index (χ3n) is 4.21. The lowest BCUT2D eigenvalue weighted by Crippen LogP contribution is -2.24. The number of nitrogen functional groups attached to an aromatic ring is 1. The Balaban J connectivity index is 1.79. The molecule has 1 aliphatic heterocycles. The molecule has 0 spiro atoms. The summed E-state index contributed by atoms with van der Waals surface area (Å²) in [5, 5.41) is 0. The SMILES string of the molecule is CN(C)C(=O)c1ccc(Oc2ccc(N)cc2CN2CCCC2=O)cn1. The van der Waals surface area contributed by atoms with Gasteiger partial charge in [-0.25, -0.2) is 4.98 Å². The van der Waals surface area contributed by atoms with Crippen LogP contribution in [-0.4, -0.2) is 47.2 Å². The van der Waals surface area contributed by atoms with Gasteiger partial charge in [-0.2, -0.15) is 0 Å². The normalized spacial score (nSPS) is 13.8. The molecule has 3 rings (SSSR count). The maximum absolute atomic E-state index is 11.9. The van der Waals surface area contributed by atoms with Crippen LogP contribution in [0.2, 0.25) is 0 Å². The fourth-order valence-corrected chi connectivity index (χ4v) is 2.82. The summed E-state index contributed by atoms with van der Waals surface area (Å²) in [7, 11) is 3.35. The first kappa shape index (κ1) is 17.7. The number of nitrogens with zero attached hydrogens (tertiary/aromatic N) is 3. The van der Waals surface area contributed by atoms with Crippen LogP contribution in [0.1, 0.15) is 28.9 Å². The molecular formula is C19H22N4O3. The maximum atomic E-state index is 11.9. The number of amides is 2. The van der Waals surface area contributed by atoms with Gasteiger partial charge >= 0.3 is 0 Å². The molecular weight excluding hydrogens is 332 g/mol. The van der Waals surface area contributed by atoms with Crippen LogP contribution >= 0.6 is 0 Å². The van der Waals surface area contributed by atoms with E-state index < -0.39 is 0 Å². The van der Waals surface area contributed by atoms with Crippen LogP contribution in [0, 0.1) is 0 Å². The summed E-state index contributed by atoms with van der Waals surface area (Å²) in [6, 6.07) is 8.67. The molecule has 2 amide bonds. The van der Waals surface area contributed by atoms with E-state index in [4.69, 9.17) is 10.5 Å². The zero-order chi connectivity index (χ0) is 18.7. The molecule has 1 aromatic heterocycles. The van der Waals surface area contributed by atoms with Crippen LogP contribution in [0.5, 0.6) is 11.5 Å². The van der Waals surface area contributed by atoms with Crippen molar-refractivity contribution in [3.63, 3.8) is 0 Å². The molecule has 0 unspecified atom stereocenters. The average Bonchev–Trinajstić information content (AvgIpc) is 3.02. The van der Waals surface area contributed by atoms with Gasteiger partial charge in [0.1, 0.15) is 17.2 Å². The van der Waals surface area contributed by atoms with E-state index in [1.54, 1.807) is 43.3 Å². The summed E-state index contributed by atoms with van der Waals surface area (Å²) in [5.41, 5.74) is 7.70. The summed E-state index contributed by atoms with van der Waals surface area (Å²) in [5.74, 6) is 1.11. The van der Waals surface area contributed by atoms with Crippen molar-refractivity contribution in [2.75, 3.05) is 26.4 Å². The predicted molar refractivity (Wildman–Crippen MR) is 97.8 cm³/mol. The largest absolute Gasteiger partial charge is 0.455 e. The fourth-order valence-electron chi connectivity index (χ4n) is 2.82. The molecule has 26 heavy (non-hydrogen) atoms. The fraction of sp³-hybridized carbons (Fsp3) is 0.316. The number of rotatable bonds is 5. The zero-order valence-corrected chi connectivity index (χ0v) is 14.9. The Kier molecular flexibility index (Phi) is 5.06. The smallest absolute Gasteiger partial charge is 0.271 e. The van der Waals surface area contributed by atoms with E-state index in [-0.39, 0.29) is 11.8 Å². The Hall–Kier alpha value is -3.09. The van der Waals surface area contributed by atoms with Crippen molar-refractivity contribution in [1.29, 1.82) is 0 Å². The number of likely N-dealkylation sites (tertiary alicyclic amines) is 1. The molecule has 1 aromatic carbocycles. The van der Waals surface area contributed by atoms with Crippen LogP contribution in [0.4, 0.5) is 5.69 Å². The van der Waals surface area contributed by atoms with Gasteiger partial charge in [-0.1, -0.05) is 0 Å². The second-order valence-corrected chi connectivity index (χ2v) is 6.47. The molecule has 0 saturated carbocycles. The quantitative estimate of drug-likeness (QED) is 0.832. The number of hydrogen-bond donors (Lipinski definition) is 1. The molecule has 1 saturated heterocycles. The predicted octanol–water partition coefficient (Wildman–Crippen LogP) is 2.28. The van der Waals surface area contributed by atoms with Gasteiger partial charge in [0.2, 0.25) is 5.91 Å². The molecule has 7 heteroatoms. The lowest BCUT2D eigenvalue weighted by atomic mass is 10.1. The van der Waals surface area contributed by atoms with Crippen LogP contribution in [0.25, 0.3) is 0 Å². The van der Waals surface area contributed by atoms with Gasteiger partial charge in [-0.3, -0.25) is 9.59 Å². The van der Waals surface area contributed by atoms with Gasteiger partial charge in [0.05, 0.1) is 6.20 Å². The first-order valence-corrected chi connectivity index (χ1v) is 8.46. The van der Waals surface area contributed by atoms with E-state index >= 15 is 0 Å². The number of anilines is 1. The van der Waals surface area contributed by atoms with E-state index in [1.165, 1.54) is 11.1 Å². The Bertz CT molecular complexity index is 818. The Morgan fingerprint density at radius 2 is 2.12 bits per heavy atom. The first-order valence-electron chi connectivity index (χ1n) is 8.46. The van der Waals surface area contributed by atoms with Crippen molar-refractivity contribution in [3.05, 3.63) is 47.8 Å². The highest BCUT2D eigenvalue weighted by Gasteiger charge is 2.21. The second-order valence-electron chi connectivity index (χ2n) is 6.47. The monoisotopic (exact) mass is 354 g/mol. The number of pyridine rings is 1. The van der Waals surface area contributed by atoms with Crippen LogP contribution in [0.3, 0.4) is 0 Å². The summed E-state index contributed by atoms with van der Waals surface area (Å²) in [6.07, 6.45) is 2.98. The molecule has 136 valence electrons. The van der Waals surface area contributed by atoms with Gasteiger partial charge in [-0.15, -0.1) is 0 Å². The molecule has 0 aliphatic carbocycles. The van der Waals surface area contributed by atoms with Gasteiger partial charge < -0.3 is 20.3 Å². The topological polar surface area (TPSA) is 88.8 Å². The van der Waals surface area contributed by atoms with Crippen molar-refractivity contribution >= 4 is 17.5 Å². The highest BCUT2D eigenvalue weighted by molar-refractivity contribution is 5.91. The van der Waals surface area contributed by atoms with Crippen molar-refractivity contribution < 1.29 is 14.3 Å². The minimum absolute atomic E-state index is 0.145. The van der Waals surface area contributed by atoms with Gasteiger partial charge in [-0.05, 0) is 36.8 Å². The molecule has 2 heterocycles. The van der Waals surface area contributed by atoms with Crippen molar-refractivity contribution in [2.45, 2.75) is 19.4 Å². The van der Waals surface area contributed by atoms with Gasteiger partial charge in [0, 0.05) is 44.9 Å². The van der Waals surface area contributed by atoms with E-state index in [2.05, 4.69) is 4.98 Å². The van der Waals surface area contributed by atoms with Crippen LogP contribution in [0.15, 0.2) is 36.5 Å². The first-order chi connectivity index (χ1) is 12.4. The molecule has 1 fully saturated rings. The molecule has 2 N–H and O–H groups in total. The number of aromatic nitrogens is 1. The van der Waals surface area contributed by atoms with E-state index in [9.17, 15) is 9.59 Å². The van der Waals surface area contributed by atoms with Crippen molar-refractivity contribution in [1.82, 2.24) is 14.8 Å². The summed E-state index contributed by atoms with van der Waals surface area (Å²) < 4.78 is 5.92. The third kappa shape index (κ3) is 3.93. The number of hydrogen-bond acceptors (Lipinski definition) is 5. The number of ether oxygens (including phenoxy) is 1. The Morgan fingerprint density at radius 3 is 2.73 bits per heavy atom. The van der Waals surface area contributed by atoms with Crippen molar-refractivity contribution in [3.8, 4) is 11.5 Å². The Morgan fingerprint density at radius 1 is 1.31 bits per heavy atom. The summed E-state index contributed by atoms with van der Waals surface area (Å²) in [4.78, 5) is 31.2. The number of carbonyl (C=O) groups excluding carboxylic acids is 2. The number of benzene rings is 1. The summed E-state index contributed by atoms with van der Waals surface area (Å²) >= 11 is 0. The lowest BCUT2D eigenvalue weighted by molar-refractivity contribution is -0.128. The maximum Gasteiger partial charge on any atom is 0.271 e. The lowest BCUT2D eigenvalue weighted by Gasteiger charge is -2.18. The highest BCUT2D eigenvalue weighted by Crippen LogP contribution is 2.29. The van der Waals surface area contributed by atoms with E-state index in [0.29, 0.717) is 35.8 Å². The second kappa shape index (κ2) is 7.43. The Labute approximate surface area is 152 Å². The molecule has 7 nitrogen and oxygen atoms in total. The minimum Gasteiger partial charge on any atom is -0.455 e. The van der Waals surface area contributed by atoms with Crippen LogP contribution in [-0.2, 0) is 11.3 Å². The standard InChI is InChI=1S/C19H22N4O3/c1-22(2)19(25)16-7-6-15(11-21-16)26-17-8-5-14(20)10-13(17)12-23-9-3-4-18(23)24/h5-8,10-11H,3-4,9,12,20H2,1-2H3. The van der Waals surface area contributed by atoms with Gasteiger partial charge in [0.25, 0.3) is 5.91 Å². The molecule has 0 radical (unpaired) electrons. The summed E-state index contributed by atoms with van der Waals surface area (Å²) in [6.45, 7) is 1.21. The number of carbonyl (C=O) groups is 2. The highest BCUT2D eigenvalue weighted by atomic mass is 16.5. The van der Waals surface area contributed by atoms with Gasteiger partial charge in [0.15, 0.2) is 0 Å².